The first-order valence-corrected chi connectivity index (χ1v) is 11.5. The molecule has 2 fully saturated rings. The van der Waals surface area contributed by atoms with Gasteiger partial charge in [0.05, 0.1) is 30.0 Å². The maximum absolute atomic E-state index is 9.98. The minimum Gasteiger partial charge on any atom is -0.390 e. The lowest BCUT2D eigenvalue weighted by atomic mass is 9.73. The lowest BCUT2D eigenvalue weighted by Crippen LogP contribution is -2.51. The monoisotopic (exact) mass is 469 g/mol. The van der Waals surface area contributed by atoms with Crippen molar-refractivity contribution in [2.24, 2.45) is 11.1 Å². The van der Waals surface area contributed by atoms with E-state index in [0.717, 1.165) is 42.3 Å². The maximum atomic E-state index is 9.98. The maximum Gasteiger partial charge on any atom is 0.153 e. The number of nitrogens with two attached hydrogens (primary N) is 1. The van der Waals surface area contributed by atoms with E-state index in [1.165, 1.54) is 11.8 Å². The summed E-state index contributed by atoms with van der Waals surface area (Å²) in [6, 6.07) is 1.84. The Morgan fingerprint density at radius 1 is 1.33 bits per heavy atom. The van der Waals surface area contributed by atoms with Gasteiger partial charge in [0.2, 0.25) is 0 Å². The predicted octanol–water partition coefficient (Wildman–Crippen LogP) is 3.46. The number of aliphatic hydroxyl groups is 1. The molecule has 2 aliphatic rings. The molecule has 7 nitrogen and oxygen atoms in total. The van der Waals surface area contributed by atoms with Crippen molar-refractivity contribution in [3.05, 3.63) is 33.8 Å². The minimum atomic E-state index is -0.192. The van der Waals surface area contributed by atoms with Crippen molar-refractivity contribution in [2.75, 3.05) is 24.6 Å². The third-order valence-electron chi connectivity index (χ3n) is 6.15. The zero-order valence-electron chi connectivity index (χ0n) is 16.9. The molecule has 0 unspecified atom stereocenters. The largest absolute Gasteiger partial charge is 0.390 e. The Balaban J connectivity index is 1.55. The van der Waals surface area contributed by atoms with Crippen LogP contribution < -0.4 is 10.6 Å². The molecular formula is C20H25Cl2N5O2S. The van der Waals surface area contributed by atoms with Crippen molar-refractivity contribution in [3.63, 3.8) is 0 Å². The van der Waals surface area contributed by atoms with Crippen LogP contribution in [0.1, 0.15) is 31.2 Å². The number of aliphatic hydroxyl groups excluding tert-OH is 1. The van der Waals surface area contributed by atoms with Crippen LogP contribution in [0.5, 0.6) is 0 Å². The van der Waals surface area contributed by atoms with E-state index in [1.54, 1.807) is 12.3 Å². The van der Waals surface area contributed by atoms with Crippen molar-refractivity contribution in [1.82, 2.24) is 15.0 Å². The van der Waals surface area contributed by atoms with E-state index in [1.807, 2.05) is 13.8 Å². The standard InChI is InChI=1S/C20H25Cl2N5O2S/c1-11-19(30-14-3-6-24-17(22)15(14)21)26-13(9-28)18(25-11)27-7-4-20(5-8-27)10-29-12(2)16(20)23/h3,6,12,16,28H,4-5,7-10,23H2,1-2H3/t12-,16+/m0/s1. The molecule has 0 radical (unpaired) electrons. The highest BCUT2D eigenvalue weighted by Gasteiger charge is 2.47. The van der Waals surface area contributed by atoms with Crippen molar-refractivity contribution < 1.29 is 9.84 Å². The Morgan fingerprint density at radius 2 is 2.07 bits per heavy atom. The van der Waals surface area contributed by atoms with Crippen LogP contribution in [0.4, 0.5) is 5.82 Å². The van der Waals surface area contributed by atoms with Crippen molar-refractivity contribution >= 4 is 40.8 Å². The van der Waals surface area contributed by atoms with Crippen molar-refractivity contribution in [1.29, 1.82) is 0 Å². The van der Waals surface area contributed by atoms with E-state index in [4.69, 9.17) is 38.7 Å². The number of pyridine rings is 1. The number of anilines is 1. The first-order chi connectivity index (χ1) is 14.3. The molecule has 2 aliphatic heterocycles. The first kappa shape index (κ1) is 22.0. The molecule has 10 heteroatoms. The number of hydrogen-bond acceptors (Lipinski definition) is 8. The molecule has 0 amide bonds. The lowest BCUT2D eigenvalue weighted by molar-refractivity contribution is 0.0973. The van der Waals surface area contributed by atoms with Crippen LogP contribution >= 0.6 is 35.0 Å². The zero-order valence-corrected chi connectivity index (χ0v) is 19.3. The number of rotatable bonds is 4. The van der Waals surface area contributed by atoms with Gasteiger partial charge < -0.3 is 20.5 Å². The summed E-state index contributed by atoms with van der Waals surface area (Å²) >= 11 is 13.6. The molecule has 30 heavy (non-hydrogen) atoms. The molecule has 0 aliphatic carbocycles. The first-order valence-electron chi connectivity index (χ1n) is 9.93. The van der Waals surface area contributed by atoms with E-state index in [-0.39, 0.29) is 29.3 Å². The summed E-state index contributed by atoms with van der Waals surface area (Å²) in [4.78, 5) is 16.4. The topological polar surface area (TPSA) is 97.4 Å². The fraction of sp³-hybridized carbons (Fsp3) is 0.550. The summed E-state index contributed by atoms with van der Waals surface area (Å²) in [5.74, 6) is 0.730. The quantitative estimate of drug-likeness (QED) is 0.656. The number of halogens is 2. The number of aryl methyl sites for hydroxylation is 1. The molecule has 1 spiro atoms. The van der Waals surface area contributed by atoms with E-state index in [9.17, 15) is 5.11 Å². The van der Waals surface area contributed by atoms with E-state index < -0.39 is 0 Å². The number of hydrogen-bond donors (Lipinski definition) is 2. The highest BCUT2D eigenvalue weighted by Crippen LogP contribution is 2.42. The molecule has 0 saturated carbocycles. The molecule has 0 aromatic carbocycles. The fourth-order valence-electron chi connectivity index (χ4n) is 4.20. The van der Waals surface area contributed by atoms with Gasteiger partial charge in [-0.2, -0.15) is 0 Å². The molecule has 4 rings (SSSR count). The van der Waals surface area contributed by atoms with Gasteiger partial charge >= 0.3 is 0 Å². The molecule has 2 aromatic rings. The second-order valence-corrected chi connectivity index (χ2v) is 9.72. The van der Waals surface area contributed by atoms with Gasteiger partial charge in [0.25, 0.3) is 0 Å². The molecule has 2 saturated heterocycles. The average molecular weight is 470 g/mol. The smallest absolute Gasteiger partial charge is 0.153 e. The van der Waals surface area contributed by atoms with Gasteiger partial charge in [0, 0.05) is 35.6 Å². The highest BCUT2D eigenvalue weighted by atomic mass is 35.5. The Morgan fingerprint density at radius 3 is 2.70 bits per heavy atom. The molecule has 162 valence electrons. The third kappa shape index (κ3) is 4.01. The van der Waals surface area contributed by atoms with Gasteiger partial charge in [-0.25, -0.2) is 15.0 Å². The Hall–Kier alpha value is -1.16. The van der Waals surface area contributed by atoms with Gasteiger partial charge in [-0.05, 0) is 32.8 Å². The lowest BCUT2D eigenvalue weighted by Gasteiger charge is -2.42. The van der Waals surface area contributed by atoms with Crippen molar-refractivity contribution in [2.45, 2.75) is 55.4 Å². The van der Waals surface area contributed by atoms with E-state index in [0.29, 0.717) is 22.3 Å². The molecule has 0 bridgehead atoms. The Labute approximate surface area is 190 Å². The number of aromatic nitrogens is 3. The van der Waals surface area contributed by atoms with Crippen LogP contribution in [0.25, 0.3) is 0 Å². The van der Waals surface area contributed by atoms with Crippen LogP contribution in [0.2, 0.25) is 10.2 Å². The van der Waals surface area contributed by atoms with Gasteiger partial charge in [0.1, 0.15) is 15.9 Å². The van der Waals surface area contributed by atoms with E-state index >= 15 is 0 Å². The second-order valence-electron chi connectivity index (χ2n) is 7.95. The molecular weight excluding hydrogens is 445 g/mol. The Kier molecular flexibility index (Phi) is 6.44. The number of ether oxygens (including phenoxy) is 1. The van der Waals surface area contributed by atoms with Crippen LogP contribution in [-0.4, -0.2) is 51.9 Å². The summed E-state index contributed by atoms with van der Waals surface area (Å²) in [5, 5.41) is 11.3. The summed E-state index contributed by atoms with van der Waals surface area (Å²) < 4.78 is 5.81. The molecule has 4 heterocycles. The van der Waals surface area contributed by atoms with Crippen LogP contribution in [-0.2, 0) is 11.3 Å². The second kappa shape index (κ2) is 8.76. The molecule has 2 atom stereocenters. The molecule has 3 N–H and O–H groups in total. The number of piperidine rings is 1. The number of nitrogens with zero attached hydrogens (tertiary/aromatic N) is 4. The van der Waals surface area contributed by atoms with Crippen LogP contribution in [0, 0.1) is 12.3 Å². The average Bonchev–Trinajstić information content (AvgIpc) is 3.01. The summed E-state index contributed by atoms with van der Waals surface area (Å²) in [6.07, 6.45) is 3.57. The van der Waals surface area contributed by atoms with Gasteiger partial charge in [-0.1, -0.05) is 35.0 Å². The van der Waals surface area contributed by atoms with Crippen LogP contribution in [0.3, 0.4) is 0 Å². The normalized spacial score (nSPS) is 23.3. The fourth-order valence-corrected chi connectivity index (χ4v) is 5.52. The summed E-state index contributed by atoms with van der Waals surface area (Å²) in [6.45, 7) is 6.09. The highest BCUT2D eigenvalue weighted by molar-refractivity contribution is 7.99. The van der Waals surface area contributed by atoms with Crippen LogP contribution in [0.15, 0.2) is 22.2 Å². The van der Waals surface area contributed by atoms with E-state index in [2.05, 4.69) is 14.9 Å². The summed E-state index contributed by atoms with van der Waals surface area (Å²) in [7, 11) is 0. The van der Waals surface area contributed by atoms with Gasteiger partial charge in [0.15, 0.2) is 5.82 Å². The SMILES string of the molecule is Cc1nc(N2CCC3(CC2)CO[C@@H](C)[C@H]3N)c(CO)nc1Sc1ccnc(Cl)c1Cl. The zero-order chi connectivity index (χ0) is 21.5. The van der Waals surface area contributed by atoms with Gasteiger partial charge in [-0.15, -0.1) is 0 Å². The van der Waals surface area contributed by atoms with Gasteiger partial charge in [-0.3, -0.25) is 0 Å². The third-order valence-corrected chi connectivity index (χ3v) is 8.17. The minimum absolute atomic E-state index is 0.0327. The summed E-state index contributed by atoms with van der Waals surface area (Å²) in [5.41, 5.74) is 7.78. The molecule has 2 aromatic heterocycles. The van der Waals surface area contributed by atoms with Crippen molar-refractivity contribution in [3.8, 4) is 0 Å². The predicted molar refractivity (Wildman–Crippen MR) is 118 cm³/mol. The Bertz CT molecular complexity index is 940.